The third-order valence-electron chi connectivity index (χ3n) is 3.40. The average molecular weight is 208 g/mol. The van der Waals surface area contributed by atoms with E-state index in [1.807, 2.05) is 24.3 Å². The van der Waals surface area contributed by atoms with E-state index in [9.17, 15) is 5.11 Å². The van der Waals surface area contributed by atoms with E-state index in [0.29, 0.717) is 0 Å². The minimum Gasteiger partial charge on any atom is -0.497 e. The molecule has 1 fully saturated rings. The van der Waals surface area contributed by atoms with Crippen molar-refractivity contribution in [2.75, 3.05) is 20.3 Å². The fourth-order valence-corrected chi connectivity index (χ4v) is 2.18. The molecule has 82 valence electrons. The lowest BCUT2D eigenvalue weighted by atomic mass is 9.94. The predicted octanol–water partition coefficient (Wildman–Crippen LogP) is 0.938. The van der Waals surface area contributed by atoms with Gasteiger partial charge in [-0.15, -0.1) is 0 Å². The Hall–Kier alpha value is -1.06. The number of hydrogen-bond acceptors (Lipinski definition) is 3. The molecule has 0 spiro atoms. The van der Waals surface area contributed by atoms with Crippen LogP contribution in [0, 0.1) is 5.92 Å². The molecular formula is C12H16O3. The van der Waals surface area contributed by atoms with E-state index in [2.05, 4.69) is 0 Å². The second kappa shape index (κ2) is 3.83. The molecule has 0 heterocycles. The van der Waals surface area contributed by atoms with Gasteiger partial charge >= 0.3 is 0 Å². The number of benzene rings is 1. The van der Waals surface area contributed by atoms with Crippen LogP contribution in [0.5, 0.6) is 5.75 Å². The summed E-state index contributed by atoms with van der Waals surface area (Å²) in [6, 6.07) is 7.70. The average Bonchev–Trinajstić information content (AvgIpc) is 3.04. The molecule has 1 aliphatic rings. The largest absolute Gasteiger partial charge is 0.497 e. The zero-order chi connectivity index (χ0) is 10.9. The fourth-order valence-electron chi connectivity index (χ4n) is 2.18. The number of rotatable bonds is 4. The lowest BCUT2D eigenvalue weighted by Crippen LogP contribution is -2.16. The number of methoxy groups -OCH3 is 1. The van der Waals surface area contributed by atoms with Gasteiger partial charge < -0.3 is 14.9 Å². The Morgan fingerprint density at radius 2 is 2.00 bits per heavy atom. The van der Waals surface area contributed by atoms with Crippen LogP contribution < -0.4 is 4.74 Å². The Morgan fingerprint density at radius 3 is 2.40 bits per heavy atom. The third-order valence-corrected chi connectivity index (χ3v) is 3.40. The summed E-state index contributed by atoms with van der Waals surface area (Å²) in [5.41, 5.74) is 0.881. The van der Waals surface area contributed by atoms with Crippen LogP contribution in [0.2, 0.25) is 0 Å². The first-order chi connectivity index (χ1) is 7.26. The van der Waals surface area contributed by atoms with Crippen molar-refractivity contribution >= 4 is 0 Å². The van der Waals surface area contributed by atoms with E-state index >= 15 is 0 Å². The summed E-state index contributed by atoms with van der Waals surface area (Å²) in [7, 11) is 1.63. The minimum absolute atomic E-state index is 0.102. The van der Waals surface area contributed by atoms with E-state index in [4.69, 9.17) is 9.84 Å². The van der Waals surface area contributed by atoms with E-state index in [1.165, 1.54) is 0 Å². The monoisotopic (exact) mass is 208 g/mol. The van der Waals surface area contributed by atoms with Gasteiger partial charge in [0.15, 0.2) is 0 Å². The van der Waals surface area contributed by atoms with Gasteiger partial charge in [-0.25, -0.2) is 0 Å². The van der Waals surface area contributed by atoms with E-state index in [0.717, 1.165) is 17.7 Å². The highest BCUT2D eigenvalue weighted by Crippen LogP contribution is 2.53. The van der Waals surface area contributed by atoms with Crippen LogP contribution >= 0.6 is 0 Å². The molecule has 0 radical (unpaired) electrons. The standard InChI is InChI=1S/C12H16O3/c1-15-11-4-2-9(3-5-11)12(8-14)6-10(12)7-13/h2-5,10,13-14H,6-8H2,1H3/t10-,12?/m0/s1. The summed E-state index contributed by atoms with van der Waals surface area (Å²) in [6.45, 7) is 0.247. The molecule has 3 heteroatoms. The van der Waals surface area contributed by atoms with Gasteiger partial charge in [-0.1, -0.05) is 12.1 Å². The van der Waals surface area contributed by atoms with Crippen molar-refractivity contribution in [2.45, 2.75) is 11.8 Å². The topological polar surface area (TPSA) is 49.7 Å². The number of aliphatic hydroxyl groups excluding tert-OH is 2. The van der Waals surface area contributed by atoms with E-state index < -0.39 is 0 Å². The lowest BCUT2D eigenvalue weighted by Gasteiger charge is -2.14. The molecule has 2 rings (SSSR count). The van der Waals surface area contributed by atoms with Crippen molar-refractivity contribution in [3.8, 4) is 5.75 Å². The molecule has 0 bridgehead atoms. The highest BCUT2D eigenvalue weighted by molar-refractivity contribution is 5.37. The molecule has 0 saturated heterocycles. The molecule has 2 N–H and O–H groups in total. The van der Waals surface area contributed by atoms with Crippen LogP contribution in [0.4, 0.5) is 0 Å². The highest BCUT2D eigenvalue weighted by atomic mass is 16.5. The molecule has 0 amide bonds. The Labute approximate surface area is 89.3 Å². The first kappa shape index (κ1) is 10.5. The maximum Gasteiger partial charge on any atom is 0.118 e. The Bertz CT molecular complexity index is 333. The first-order valence-electron chi connectivity index (χ1n) is 5.13. The van der Waals surface area contributed by atoms with Crippen molar-refractivity contribution < 1.29 is 14.9 Å². The minimum atomic E-state index is -0.207. The smallest absolute Gasteiger partial charge is 0.118 e. The third kappa shape index (κ3) is 1.62. The summed E-state index contributed by atoms with van der Waals surface area (Å²) in [5, 5.41) is 18.5. The van der Waals surface area contributed by atoms with Crippen LogP contribution in [0.15, 0.2) is 24.3 Å². The molecule has 1 unspecified atom stereocenters. The van der Waals surface area contributed by atoms with Gasteiger partial charge in [0.2, 0.25) is 0 Å². The van der Waals surface area contributed by atoms with Crippen molar-refractivity contribution in [2.24, 2.45) is 5.92 Å². The molecule has 1 aromatic carbocycles. The van der Waals surface area contributed by atoms with Crippen molar-refractivity contribution in [1.82, 2.24) is 0 Å². The molecule has 1 saturated carbocycles. The highest BCUT2D eigenvalue weighted by Gasteiger charge is 2.54. The van der Waals surface area contributed by atoms with Gasteiger partial charge in [-0.2, -0.15) is 0 Å². The Kier molecular flexibility index (Phi) is 2.67. The van der Waals surface area contributed by atoms with Gasteiger partial charge in [0.1, 0.15) is 5.75 Å². The van der Waals surface area contributed by atoms with E-state index in [1.54, 1.807) is 7.11 Å². The summed E-state index contributed by atoms with van der Waals surface area (Å²) < 4.78 is 5.08. The van der Waals surface area contributed by atoms with Gasteiger partial charge in [-0.3, -0.25) is 0 Å². The van der Waals surface area contributed by atoms with Crippen LogP contribution in [0.25, 0.3) is 0 Å². The predicted molar refractivity (Wildman–Crippen MR) is 57.0 cm³/mol. The zero-order valence-electron chi connectivity index (χ0n) is 8.81. The molecular weight excluding hydrogens is 192 g/mol. The van der Waals surface area contributed by atoms with Gasteiger partial charge in [0.25, 0.3) is 0 Å². The molecule has 3 nitrogen and oxygen atoms in total. The molecule has 0 aliphatic heterocycles. The van der Waals surface area contributed by atoms with Crippen molar-refractivity contribution in [1.29, 1.82) is 0 Å². The Morgan fingerprint density at radius 1 is 1.33 bits per heavy atom. The lowest BCUT2D eigenvalue weighted by molar-refractivity contribution is 0.213. The normalized spacial score (nSPS) is 28.9. The second-order valence-corrected chi connectivity index (χ2v) is 4.13. The number of ether oxygens (including phenoxy) is 1. The van der Waals surface area contributed by atoms with E-state index in [-0.39, 0.29) is 24.5 Å². The summed E-state index contributed by atoms with van der Waals surface area (Å²) >= 11 is 0. The van der Waals surface area contributed by atoms with Crippen molar-refractivity contribution in [3.05, 3.63) is 29.8 Å². The van der Waals surface area contributed by atoms with Crippen LogP contribution in [-0.4, -0.2) is 30.5 Å². The number of hydrogen-bond donors (Lipinski definition) is 2. The second-order valence-electron chi connectivity index (χ2n) is 4.13. The maximum absolute atomic E-state index is 9.40. The van der Waals surface area contributed by atoms with Crippen molar-refractivity contribution in [3.63, 3.8) is 0 Å². The summed E-state index contributed by atoms with van der Waals surface area (Å²) in [4.78, 5) is 0. The SMILES string of the molecule is COc1ccc(C2(CO)C[C@H]2CO)cc1. The summed E-state index contributed by atoms with van der Waals surface area (Å²) in [6.07, 6.45) is 0.867. The molecule has 0 aromatic heterocycles. The quantitative estimate of drug-likeness (QED) is 0.774. The van der Waals surface area contributed by atoms with Crippen LogP contribution in [0.3, 0.4) is 0 Å². The van der Waals surface area contributed by atoms with Gasteiger partial charge in [-0.05, 0) is 30.0 Å². The molecule has 2 atom stereocenters. The number of aliphatic hydroxyl groups is 2. The zero-order valence-corrected chi connectivity index (χ0v) is 8.81. The van der Waals surface area contributed by atoms with Crippen LogP contribution in [0.1, 0.15) is 12.0 Å². The van der Waals surface area contributed by atoms with Gasteiger partial charge in [0.05, 0.1) is 13.7 Å². The first-order valence-corrected chi connectivity index (χ1v) is 5.13. The fraction of sp³-hybridized carbons (Fsp3) is 0.500. The Balaban J connectivity index is 2.22. The molecule has 15 heavy (non-hydrogen) atoms. The van der Waals surface area contributed by atoms with Gasteiger partial charge in [0, 0.05) is 12.0 Å². The molecule has 1 aromatic rings. The summed E-state index contributed by atoms with van der Waals surface area (Å²) in [5.74, 6) is 1.02. The maximum atomic E-state index is 9.40. The van der Waals surface area contributed by atoms with Crippen LogP contribution in [-0.2, 0) is 5.41 Å². The molecule has 1 aliphatic carbocycles.